The van der Waals surface area contributed by atoms with E-state index in [4.69, 9.17) is 0 Å². The molecular formula is C14H24OS. The summed E-state index contributed by atoms with van der Waals surface area (Å²) in [5, 5.41) is 0. The molecule has 0 bridgehead atoms. The number of Topliss-reactive ketones (excluding diaryl/α,β-unsaturated/α-hetero) is 1. The Morgan fingerprint density at radius 1 is 1.38 bits per heavy atom. The zero-order valence-electron chi connectivity index (χ0n) is 10.6. The first-order valence-electron chi connectivity index (χ1n) is 6.76. The number of thioether (sulfide) groups is 1. The molecule has 1 saturated carbocycles. The molecule has 2 heteroatoms. The van der Waals surface area contributed by atoms with Gasteiger partial charge in [-0.15, -0.1) is 0 Å². The summed E-state index contributed by atoms with van der Waals surface area (Å²) in [6.07, 6.45) is 7.17. The van der Waals surface area contributed by atoms with Gasteiger partial charge in [0.1, 0.15) is 5.78 Å². The maximum absolute atomic E-state index is 12.7. The van der Waals surface area contributed by atoms with Crippen LogP contribution in [0.4, 0.5) is 0 Å². The van der Waals surface area contributed by atoms with Gasteiger partial charge in [-0.1, -0.05) is 26.7 Å². The minimum Gasteiger partial charge on any atom is -0.299 e. The molecule has 1 heterocycles. The van der Waals surface area contributed by atoms with Crippen LogP contribution >= 0.6 is 11.8 Å². The summed E-state index contributed by atoms with van der Waals surface area (Å²) in [4.78, 5) is 12.7. The van der Waals surface area contributed by atoms with Crippen molar-refractivity contribution in [2.75, 3.05) is 11.5 Å². The molecular weight excluding hydrogens is 216 g/mol. The molecule has 1 saturated heterocycles. The molecule has 0 N–H and O–H groups in total. The van der Waals surface area contributed by atoms with Gasteiger partial charge >= 0.3 is 0 Å². The molecule has 92 valence electrons. The Hall–Kier alpha value is 0.0200. The first kappa shape index (κ1) is 12.5. The third kappa shape index (κ3) is 2.47. The maximum atomic E-state index is 12.7. The molecule has 2 rings (SSSR count). The van der Waals surface area contributed by atoms with Crippen molar-refractivity contribution in [3.05, 3.63) is 0 Å². The van der Waals surface area contributed by atoms with Gasteiger partial charge in [0.05, 0.1) is 0 Å². The largest absolute Gasteiger partial charge is 0.299 e. The van der Waals surface area contributed by atoms with Crippen molar-refractivity contribution in [1.29, 1.82) is 0 Å². The van der Waals surface area contributed by atoms with E-state index in [0.29, 0.717) is 17.6 Å². The van der Waals surface area contributed by atoms with Crippen LogP contribution in [0.5, 0.6) is 0 Å². The molecule has 1 aliphatic heterocycles. The average Bonchev–Trinajstić information content (AvgIpc) is 2.85. The van der Waals surface area contributed by atoms with Crippen LogP contribution in [0.1, 0.15) is 52.4 Å². The topological polar surface area (TPSA) is 17.1 Å². The van der Waals surface area contributed by atoms with Gasteiger partial charge in [0, 0.05) is 17.1 Å². The van der Waals surface area contributed by atoms with Crippen LogP contribution < -0.4 is 0 Å². The summed E-state index contributed by atoms with van der Waals surface area (Å²) in [6.45, 7) is 4.52. The number of carbonyl (C=O) groups excluding carboxylic acids is 1. The summed E-state index contributed by atoms with van der Waals surface area (Å²) >= 11 is 1.97. The zero-order valence-corrected chi connectivity index (χ0v) is 11.4. The Kier molecular flexibility index (Phi) is 3.99. The summed E-state index contributed by atoms with van der Waals surface area (Å²) < 4.78 is 0. The highest BCUT2D eigenvalue weighted by atomic mass is 32.2. The molecule has 0 amide bonds. The molecule has 0 radical (unpaired) electrons. The van der Waals surface area contributed by atoms with E-state index in [1.807, 2.05) is 11.8 Å². The molecule has 2 aliphatic rings. The van der Waals surface area contributed by atoms with Crippen LogP contribution in [0.15, 0.2) is 0 Å². The Balaban J connectivity index is 2.08. The lowest BCUT2D eigenvalue weighted by atomic mass is 9.71. The summed E-state index contributed by atoms with van der Waals surface area (Å²) in [5.41, 5.74) is 0.0870. The number of hydrogen-bond acceptors (Lipinski definition) is 2. The smallest absolute Gasteiger partial charge is 0.142 e. The van der Waals surface area contributed by atoms with Crippen molar-refractivity contribution in [2.45, 2.75) is 52.4 Å². The van der Waals surface area contributed by atoms with Crippen LogP contribution in [0, 0.1) is 17.3 Å². The lowest BCUT2D eigenvalue weighted by Gasteiger charge is -2.31. The van der Waals surface area contributed by atoms with E-state index in [2.05, 4.69) is 13.8 Å². The number of rotatable bonds is 4. The lowest BCUT2D eigenvalue weighted by molar-refractivity contribution is -0.132. The van der Waals surface area contributed by atoms with Gasteiger partial charge in [-0.3, -0.25) is 4.79 Å². The number of hydrogen-bond donors (Lipinski definition) is 0. The fraction of sp³-hybridized carbons (Fsp3) is 0.929. The second-order valence-corrected chi connectivity index (χ2v) is 7.16. The first-order valence-corrected chi connectivity index (χ1v) is 7.91. The minimum atomic E-state index is 0.0870. The Bertz CT molecular complexity index is 247. The van der Waals surface area contributed by atoms with Crippen molar-refractivity contribution < 1.29 is 4.79 Å². The number of carbonyl (C=O) groups is 1. The minimum absolute atomic E-state index is 0.0870. The lowest BCUT2D eigenvalue weighted by Crippen LogP contribution is -2.35. The normalized spacial score (nSPS) is 28.8. The van der Waals surface area contributed by atoms with Gasteiger partial charge in [0.15, 0.2) is 0 Å². The fourth-order valence-corrected chi connectivity index (χ4v) is 4.78. The molecule has 2 fully saturated rings. The van der Waals surface area contributed by atoms with E-state index in [-0.39, 0.29) is 5.41 Å². The van der Waals surface area contributed by atoms with Gasteiger partial charge in [-0.05, 0) is 37.4 Å². The molecule has 1 unspecified atom stereocenters. The van der Waals surface area contributed by atoms with E-state index < -0.39 is 0 Å². The van der Waals surface area contributed by atoms with Crippen LogP contribution in [0.3, 0.4) is 0 Å². The molecule has 16 heavy (non-hydrogen) atoms. The second-order valence-electron chi connectivity index (χ2n) is 6.01. The van der Waals surface area contributed by atoms with Gasteiger partial charge in [-0.25, -0.2) is 0 Å². The zero-order chi connectivity index (χ0) is 11.6. The monoisotopic (exact) mass is 240 g/mol. The SMILES string of the molecule is CC(C)CC1(C(=O)C2CCSC2)CCCC1. The Morgan fingerprint density at radius 2 is 2.06 bits per heavy atom. The molecule has 1 nitrogen and oxygen atoms in total. The molecule has 0 aromatic heterocycles. The maximum Gasteiger partial charge on any atom is 0.142 e. The Labute approximate surface area is 104 Å². The highest BCUT2D eigenvalue weighted by molar-refractivity contribution is 7.99. The van der Waals surface area contributed by atoms with Gasteiger partial charge in [0.2, 0.25) is 0 Å². The summed E-state index contributed by atoms with van der Waals surface area (Å²) in [7, 11) is 0. The number of ketones is 1. The molecule has 0 spiro atoms. The second kappa shape index (κ2) is 5.12. The van der Waals surface area contributed by atoms with Crippen molar-refractivity contribution >= 4 is 17.5 Å². The first-order chi connectivity index (χ1) is 7.64. The van der Waals surface area contributed by atoms with E-state index in [1.165, 1.54) is 31.4 Å². The van der Waals surface area contributed by atoms with Gasteiger partial charge in [0.25, 0.3) is 0 Å². The third-order valence-corrected chi connectivity index (χ3v) is 5.35. The summed E-state index contributed by atoms with van der Waals surface area (Å²) in [5.74, 6) is 3.98. The highest BCUT2D eigenvalue weighted by Crippen LogP contribution is 2.47. The fourth-order valence-electron chi connectivity index (χ4n) is 3.56. The summed E-state index contributed by atoms with van der Waals surface area (Å²) in [6, 6.07) is 0. The highest BCUT2D eigenvalue weighted by Gasteiger charge is 2.44. The van der Waals surface area contributed by atoms with E-state index >= 15 is 0 Å². The van der Waals surface area contributed by atoms with Crippen molar-refractivity contribution in [1.82, 2.24) is 0 Å². The predicted octanol–water partition coefficient (Wildman–Crippen LogP) is 3.92. The standard InChI is InChI=1S/C14H24OS/c1-11(2)9-14(6-3-4-7-14)13(15)12-5-8-16-10-12/h11-12H,3-10H2,1-2H3. The van der Waals surface area contributed by atoms with Crippen molar-refractivity contribution in [3.63, 3.8) is 0 Å². The van der Waals surface area contributed by atoms with Gasteiger partial charge < -0.3 is 0 Å². The van der Waals surface area contributed by atoms with E-state index in [9.17, 15) is 4.79 Å². The molecule has 1 aliphatic carbocycles. The van der Waals surface area contributed by atoms with Crippen LogP contribution in [0.2, 0.25) is 0 Å². The van der Waals surface area contributed by atoms with Crippen LogP contribution in [-0.2, 0) is 4.79 Å². The van der Waals surface area contributed by atoms with Crippen molar-refractivity contribution in [3.8, 4) is 0 Å². The van der Waals surface area contributed by atoms with E-state index in [1.54, 1.807) is 0 Å². The third-order valence-electron chi connectivity index (χ3n) is 4.18. The van der Waals surface area contributed by atoms with E-state index in [0.717, 1.165) is 18.6 Å². The van der Waals surface area contributed by atoms with Crippen LogP contribution in [-0.4, -0.2) is 17.3 Å². The molecule has 0 aromatic rings. The molecule has 1 atom stereocenters. The Morgan fingerprint density at radius 3 is 2.56 bits per heavy atom. The molecule has 0 aromatic carbocycles. The average molecular weight is 240 g/mol. The van der Waals surface area contributed by atoms with Crippen molar-refractivity contribution in [2.24, 2.45) is 17.3 Å². The van der Waals surface area contributed by atoms with Crippen LogP contribution in [0.25, 0.3) is 0 Å². The van der Waals surface area contributed by atoms with Gasteiger partial charge in [-0.2, -0.15) is 11.8 Å². The quantitative estimate of drug-likeness (QED) is 0.741. The predicted molar refractivity (Wildman–Crippen MR) is 70.8 cm³/mol.